The van der Waals surface area contributed by atoms with Crippen LogP contribution in [0.1, 0.15) is 0 Å². The quantitative estimate of drug-likeness (QED) is 0.450. The van der Waals surface area contributed by atoms with Crippen molar-refractivity contribution in [1.82, 2.24) is 20.2 Å². The Bertz CT molecular complexity index is 534. The summed E-state index contributed by atoms with van der Waals surface area (Å²) in [6.45, 7) is 4.77. The van der Waals surface area contributed by atoms with Gasteiger partial charge in [-0.05, 0) is 15.9 Å². The molecule has 0 radical (unpaired) electrons. The second-order valence-electron chi connectivity index (χ2n) is 4.97. The van der Waals surface area contributed by atoms with Crippen molar-refractivity contribution in [3.05, 3.63) is 10.7 Å². The Morgan fingerprint density at radius 1 is 1.35 bits per heavy atom. The Labute approximate surface area is 145 Å². The van der Waals surface area contributed by atoms with Gasteiger partial charge in [-0.25, -0.2) is 4.98 Å². The molecule has 1 fully saturated rings. The van der Waals surface area contributed by atoms with Crippen LogP contribution in [0.15, 0.2) is 15.7 Å². The number of anilines is 1. The fraction of sp³-hybridized carbons (Fsp3) is 0.643. The number of piperazine rings is 1. The molecule has 2 heterocycles. The Balaban J connectivity index is 1.92. The van der Waals surface area contributed by atoms with Crippen molar-refractivity contribution in [2.45, 2.75) is 0 Å². The van der Waals surface area contributed by atoms with Crippen LogP contribution in [-0.2, 0) is 4.74 Å². The largest absolute Gasteiger partial charge is 0.480 e. The number of aromatic nitrogens is 2. The molecule has 1 saturated heterocycles. The first-order chi connectivity index (χ1) is 11.2. The number of ether oxygens (including phenoxy) is 2. The molecule has 0 aliphatic carbocycles. The first-order valence-corrected chi connectivity index (χ1v) is 8.25. The number of halogens is 1. The van der Waals surface area contributed by atoms with E-state index in [4.69, 9.17) is 9.47 Å². The van der Waals surface area contributed by atoms with Gasteiger partial charge in [-0.2, -0.15) is 4.98 Å². The standard InChI is InChI=1S/C14H23BrN6O2/c1-16-13(17-4-9-22-2)20-5-7-21(8-6-20)14-18-10-11(15)12(19-14)23-3/h10H,4-9H2,1-3H3,(H,16,17). The van der Waals surface area contributed by atoms with Crippen molar-refractivity contribution in [2.24, 2.45) is 4.99 Å². The molecule has 1 aromatic heterocycles. The molecule has 2 rings (SSSR count). The SMILES string of the molecule is CN=C(NCCOC)N1CCN(c2ncc(Br)c(OC)n2)CC1. The second kappa shape index (κ2) is 8.88. The lowest BCUT2D eigenvalue weighted by Crippen LogP contribution is -2.53. The minimum absolute atomic E-state index is 0.550. The monoisotopic (exact) mass is 386 g/mol. The predicted octanol–water partition coefficient (Wildman–Crippen LogP) is 0.591. The molecule has 0 spiro atoms. The molecule has 1 aliphatic heterocycles. The third kappa shape index (κ3) is 4.68. The zero-order chi connectivity index (χ0) is 16.7. The van der Waals surface area contributed by atoms with Gasteiger partial charge in [0.1, 0.15) is 0 Å². The lowest BCUT2D eigenvalue weighted by Gasteiger charge is -2.36. The number of hydrogen-bond acceptors (Lipinski definition) is 6. The molecule has 0 bridgehead atoms. The summed E-state index contributed by atoms with van der Waals surface area (Å²) in [6, 6.07) is 0. The Hall–Kier alpha value is -1.61. The van der Waals surface area contributed by atoms with Crippen molar-refractivity contribution in [2.75, 3.05) is 65.5 Å². The van der Waals surface area contributed by atoms with Crippen LogP contribution in [0.2, 0.25) is 0 Å². The van der Waals surface area contributed by atoms with Crippen molar-refractivity contribution in [3.63, 3.8) is 0 Å². The van der Waals surface area contributed by atoms with Gasteiger partial charge in [-0.1, -0.05) is 0 Å². The summed E-state index contributed by atoms with van der Waals surface area (Å²) in [4.78, 5) is 17.5. The zero-order valence-electron chi connectivity index (χ0n) is 13.8. The van der Waals surface area contributed by atoms with Crippen LogP contribution in [-0.4, -0.2) is 81.4 Å². The average Bonchev–Trinajstić information content (AvgIpc) is 2.59. The third-order valence-electron chi connectivity index (χ3n) is 3.56. The van der Waals surface area contributed by atoms with E-state index >= 15 is 0 Å². The van der Waals surface area contributed by atoms with Crippen LogP contribution >= 0.6 is 15.9 Å². The van der Waals surface area contributed by atoms with Crippen molar-refractivity contribution in [3.8, 4) is 5.88 Å². The maximum Gasteiger partial charge on any atom is 0.232 e. The summed E-state index contributed by atoms with van der Waals surface area (Å²) in [7, 11) is 5.09. The molecule has 1 aromatic rings. The van der Waals surface area contributed by atoms with Gasteiger partial charge in [-0.3, -0.25) is 4.99 Å². The highest BCUT2D eigenvalue weighted by atomic mass is 79.9. The van der Waals surface area contributed by atoms with Gasteiger partial charge in [0, 0.05) is 46.9 Å². The van der Waals surface area contributed by atoms with E-state index in [1.54, 1.807) is 27.5 Å². The van der Waals surface area contributed by atoms with Crippen molar-refractivity contribution in [1.29, 1.82) is 0 Å². The van der Waals surface area contributed by atoms with E-state index in [2.05, 4.69) is 46.0 Å². The van der Waals surface area contributed by atoms with Crippen LogP contribution in [0.5, 0.6) is 5.88 Å². The van der Waals surface area contributed by atoms with Gasteiger partial charge in [0.05, 0.1) is 24.4 Å². The van der Waals surface area contributed by atoms with E-state index in [1.165, 1.54) is 0 Å². The zero-order valence-corrected chi connectivity index (χ0v) is 15.3. The summed E-state index contributed by atoms with van der Waals surface area (Å²) in [6.07, 6.45) is 1.72. The summed E-state index contributed by atoms with van der Waals surface area (Å²) in [5.41, 5.74) is 0. The number of guanidine groups is 1. The molecule has 128 valence electrons. The highest BCUT2D eigenvalue weighted by Gasteiger charge is 2.21. The highest BCUT2D eigenvalue weighted by molar-refractivity contribution is 9.10. The average molecular weight is 387 g/mol. The lowest BCUT2D eigenvalue weighted by molar-refractivity contribution is 0.202. The molecular weight excluding hydrogens is 364 g/mol. The van der Waals surface area contributed by atoms with E-state index in [9.17, 15) is 0 Å². The highest BCUT2D eigenvalue weighted by Crippen LogP contribution is 2.23. The van der Waals surface area contributed by atoms with Crippen molar-refractivity contribution >= 4 is 27.8 Å². The number of aliphatic imine (C=N–C) groups is 1. The lowest BCUT2D eigenvalue weighted by atomic mass is 10.3. The molecule has 8 nitrogen and oxygen atoms in total. The molecule has 0 unspecified atom stereocenters. The molecule has 23 heavy (non-hydrogen) atoms. The fourth-order valence-electron chi connectivity index (χ4n) is 2.35. The topological polar surface area (TPSA) is 75.1 Å². The summed E-state index contributed by atoms with van der Waals surface area (Å²) in [5, 5.41) is 3.30. The first-order valence-electron chi connectivity index (χ1n) is 7.45. The summed E-state index contributed by atoms with van der Waals surface area (Å²) < 4.78 is 11.0. The number of nitrogens with zero attached hydrogens (tertiary/aromatic N) is 5. The predicted molar refractivity (Wildman–Crippen MR) is 93.3 cm³/mol. The first kappa shape index (κ1) is 17.7. The Morgan fingerprint density at radius 3 is 2.70 bits per heavy atom. The van der Waals surface area contributed by atoms with E-state index in [0.29, 0.717) is 18.4 Å². The smallest absolute Gasteiger partial charge is 0.232 e. The summed E-state index contributed by atoms with van der Waals surface area (Å²) >= 11 is 3.37. The van der Waals surface area contributed by atoms with E-state index in [1.807, 2.05) is 0 Å². The second-order valence-corrected chi connectivity index (χ2v) is 5.82. The molecular formula is C14H23BrN6O2. The molecule has 1 aliphatic rings. The van der Waals surface area contributed by atoms with Gasteiger partial charge in [0.15, 0.2) is 5.96 Å². The maximum atomic E-state index is 5.23. The van der Waals surface area contributed by atoms with Crippen LogP contribution < -0.4 is 15.0 Å². The third-order valence-corrected chi connectivity index (χ3v) is 4.10. The summed E-state index contributed by atoms with van der Waals surface area (Å²) in [5.74, 6) is 2.14. The molecule has 1 N–H and O–H groups in total. The van der Waals surface area contributed by atoms with E-state index in [-0.39, 0.29) is 0 Å². The van der Waals surface area contributed by atoms with E-state index < -0.39 is 0 Å². The van der Waals surface area contributed by atoms with Crippen LogP contribution in [0, 0.1) is 0 Å². The fourth-order valence-corrected chi connectivity index (χ4v) is 2.71. The Kier molecular flexibility index (Phi) is 6.85. The Morgan fingerprint density at radius 2 is 2.09 bits per heavy atom. The van der Waals surface area contributed by atoms with Gasteiger partial charge < -0.3 is 24.6 Å². The molecule has 0 aromatic carbocycles. The normalized spacial score (nSPS) is 15.7. The van der Waals surface area contributed by atoms with Gasteiger partial charge in [0.25, 0.3) is 0 Å². The number of nitrogens with one attached hydrogen (secondary N) is 1. The minimum Gasteiger partial charge on any atom is -0.480 e. The molecule has 9 heteroatoms. The van der Waals surface area contributed by atoms with Crippen LogP contribution in [0.25, 0.3) is 0 Å². The molecule has 0 atom stereocenters. The number of methoxy groups -OCH3 is 2. The van der Waals surface area contributed by atoms with Crippen LogP contribution in [0.4, 0.5) is 5.95 Å². The van der Waals surface area contributed by atoms with Gasteiger partial charge >= 0.3 is 0 Å². The van der Waals surface area contributed by atoms with Gasteiger partial charge in [-0.15, -0.1) is 0 Å². The van der Waals surface area contributed by atoms with Crippen molar-refractivity contribution < 1.29 is 9.47 Å². The maximum absolute atomic E-state index is 5.23. The van der Waals surface area contributed by atoms with E-state index in [0.717, 1.165) is 43.2 Å². The van der Waals surface area contributed by atoms with Gasteiger partial charge in [0.2, 0.25) is 11.8 Å². The number of hydrogen-bond donors (Lipinski definition) is 1. The number of rotatable bonds is 5. The molecule has 0 amide bonds. The van der Waals surface area contributed by atoms with Crippen LogP contribution in [0.3, 0.4) is 0 Å². The molecule has 0 saturated carbocycles. The minimum atomic E-state index is 0.550.